The molecule has 1 unspecified atom stereocenters. The van der Waals surface area contributed by atoms with E-state index in [9.17, 15) is 9.69 Å². The Morgan fingerprint density at radius 1 is 2.00 bits per heavy atom. The molecule has 52 valence electrons. The van der Waals surface area contributed by atoms with Gasteiger partial charge in [0.05, 0.1) is 0 Å². The lowest BCUT2D eigenvalue weighted by molar-refractivity contribution is -0.158. The molecule has 1 atom stereocenters. The van der Waals surface area contributed by atoms with E-state index in [0.717, 1.165) is 0 Å². The SMILES string of the molecule is CCC(=O)O/N=[P+](/[O-])Cl. The van der Waals surface area contributed by atoms with Gasteiger partial charge in [-0.1, -0.05) is 6.92 Å². The molecule has 9 heavy (non-hydrogen) atoms. The van der Waals surface area contributed by atoms with Crippen LogP contribution in [0.3, 0.4) is 0 Å². The van der Waals surface area contributed by atoms with Crippen molar-refractivity contribution in [2.45, 2.75) is 13.3 Å². The topological polar surface area (TPSA) is 61.7 Å². The minimum Gasteiger partial charge on any atom is -0.593 e. The molecule has 0 aromatic carbocycles. The molecule has 0 rings (SSSR count). The van der Waals surface area contributed by atoms with E-state index in [1.165, 1.54) is 0 Å². The number of carbonyl (C=O) groups excluding carboxylic acids is 1. The van der Waals surface area contributed by atoms with Gasteiger partial charge in [0.25, 0.3) is 0 Å². The molecule has 0 amide bonds. The largest absolute Gasteiger partial charge is 0.593 e. The van der Waals surface area contributed by atoms with Gasteiger partial charge in [0, 0.05) is 6.42 Å². The lowest BCUT2D eigenvalue weighted by Gasteiger charge is -1.86. The number of hydrogen-bond acceptors (Lipinski definition) is 4. The van der Waals surface area contributed by atoms with E-state index in [4.69, 9.17) is 11.2 Å². The Morgan fingerprint density at radius 3 is 2.89 bits per heavy atom. The van der Waals surface area contributed by atoms with Crippen LogP contribution in [0.4, 0.5) is 0 Å². The number of halogens is 1. The maximum atomic E-state index is 10.2. The summed E-state index contributed by atoms with van der Waals surface area (Å²) in [6.45, 7) is 1.60. The van der Waals surface area contributed by atoms with E-state index >= 15 is 0 Å². The Morgan fingerprint density at radius 2 is 2.56 bits per heavy atom. The zero-order chi connectivity index (χ0) is 7.28. The van der Waals surface area contributed by atoms with Crippen LogP contribution in [0.2, 0.25) is 0 Å². The summed E-state index contributed by atoms with van der Waals surface area (Å²) in [6, 6.07) is 0. The number of carbonyl (C=O) groups is 1. The summed E-state index contributed by atoms with van der Waals surface area (Å²) in [5.74, 6) is -0.543. The van der Waals surface area contributed by atoms with Crippen LogP contribution < -0.4 is 4.89 Å². The first-order valence-electron chi connectivity index (χ1n) is 2.20. The summed E-state index contributed by atoms with van der Waals surface area (Å²) < 4.78 is 0. The first-order valence-corrected chi connectivity index (χ1v) is 4.32. The van der Waals surface area contributed by atoms with Crippen LogP contribution >= 0.6 is 18.5 Å². The Hall–Kier alpha value is -0.180. The third-order valence-corrected chi connectivity index (χ3v) is 0.891. The van der Waals surface area contributed by atoms with Gasteiger partial charge in [-0.05, 0) is 0 Å². The third-order valence-electron chi connectivity index (χ3n) is 0.496. The van der Waals surface area contributed by atoms with E-state index in [2.05, 4.69) is 9.75 Å². The van der Waals surface area contributed by atoms with Gasteiger partial charge in [0.1, 0.15) is 4.91 Å². The molecule has 0 aromatic heterocycles. The highest BCUT2D eigenvalue weighted by atomic mass is 35.7. The second-order valence-electron chi connectivity index (χ2n) is 1.12. The second-order valence-corrected chi connectivity index (χ2v) is 2.61. The van der Waals surface area contributed by atoms with Gasteiger partial charge in [-0.3, -0.25) is 4.84 Å². The van der Waals surface area contributed by atoms with E-state index in [-0.39, 0.29) is 6.42 Å². The fourth-order valence-corrected chi connectivity index (χ4v) is 0.390. The van der Waals surface area contributed by atoms with Crippen LogP contribution in [-0.2, 0) is 9.63 Å². The lowest BCUT2D eigenvalue weighted by Crippen LogP contribution is -1.95. The highest BCUT2D eigenvalue weighted by molar-refractivity contribution is 7.69. The van der Waals surface area contributed by atoms with Gasteiger partial charge >= 0.3 is 13.3 Å². The molecule has 0 fully saturated rings. The summed E-state index contributed by atoms with van der Waals surface area (Å²) in [7, 11) is -2.23. The first kappa shape index (κ1) is 8.82. The third kappa shape index (κ3) is 5.69. The van der Waals surface area contributed by atoms with Crippen LogP contribution in [0.25, 0.3) is 0 Å². The molecule has 0 aliphatic carbocycles. The van der Waals surface area contributed by atoms with E-state index in [1.807, 2.05) is 0 Å². The van der Waals surface area contributed by atoms with Crippen LogP contribution in [-0.4, -0.2) is 5.97 Å². The fraction of sp³-hybridized carbons (Fsp3) is 0.667. The smallest absolute Gasteiger partial charge is 0.338 e. The van der Waals surface area contributed by atoms with Crippen LogP contribution in [0, 0.1) is 0 Å². The van der Waals surface area contributed by atoms with Crippen molar-refractivity contribution in [2.75, 3.05) is 0 Å². The molecule has 0 saturated carbocycles. The molecule has 0 aliphatic rings. The molecule has 6 heteroatoms. The number of hydrogen-bond donors (Lipinski definition) is 0. The van der Waals surface area contributed by atoms with E-state index in [1.54, 1.807) is 6.92 Å². The molecule has 0 bridgehead atoms. The van der Waals surface area contributed by atoms with E-state index in [0.29, 0.717) is 0 Å². The lowest BCUT2D eigenvalue weighted by atomic mass is 10.5. The van der Waals surface area contributed by atoms with Crippen molar-refractivity contribution in [1.29, 1.82) is 0 Å². The van der Waals surface area contributed by atoms with Gasteiger partial charge < -0.3 is 4.89 Å². The standard InChI is InChI=1S/C3H5ClNO3P/c1-2-3(6)8-5-9(4)7/h2H2,1H3. The predicted molar refractivity (Wildman–Crippen MR) is 31.6 cm³/mol. The van der Waals surface area contributed by atoms with Gasteiger partial charge in [-0.2, -0.15) is 0 Å². The van der Waals surface area contributed by atoms with Crippen LogP contribution in [0.5, 0.6) is 0 Å². The van der Waals surface area contributed by atoms with Crippen molar-refractivity contribution >= 4 is 24.5 Å². The van der Waals surface area contributed by atoms with Crippen LogP contribution in [0.15, 0.2) is 4.91 Å². The summed E-state index contributed by atoms with van der Waals surface area (Å²) in [4.78, 5) is 27.0. The van der Waals surface area contributed by atoms with Gasteiger partial charge in [-0.15, -0.1) is 0 Å². The van der Waals surface area contributed by atoms with Gasteiger partial charge in [-0.25, -0.2) is 4.79 Å². The average Bonchev–Trinajstić information content (AvgIpc) is 1.83. The van der Waals surface area contributed by atoms with Crippen molar-refractivity contribution in [3.8, 4) is 0 Å². The maximum absolute atomic E-state index is 10.2. The molecule has 0 radical (unpaired) electrons. The molecular weight excluding hydrogens is 164 g/mol. The Balaban J connectivity index is 3.50. The predicted octanol–water partition coefficient (Wildman–Crippen LogP) is 0.949. The van der Waals surface area contributed by atoms with Crippen molar-refractivity contribution < 1.29 is 14.5 Å². The molecule has 0 N–H and O–H groups in total. The zero-order valence-electron chi connectivity index (χ0n) is 4.70. The summed E-state index contributed by atoms with van der Waals surface area (Å²) in [6.07, 6.45) is 0.198. The molecular formula is C3H5ClNO3P. The first-order chi connectivity index (χ1) is 4.16. The molecule has 0 heterocycles. The highest BCUT2D eigenvalue weighted by Gasteiger charge is 1.98. The Bertz CT molecular complexity index is 133. The van der Waals surface area contributed by atoms with E-state index < -0.39 is 13.3 Å². The normalized spacial score (nSPS) is 11.2. The Kier molecular flexibility index (Phi) is 4.58. The minimum absolute atomic E-state index is 0.198. The highest BCUT2D eigenvalue weighted by Crippen LogP contribution is 2.19. The van der Waals surface area contributed by atoms with Crippen molar-refractivity contribution in [2.24, 2.45) is 4.91 Å². The number of rotatable bonds is 2. The Labute approximate surface area is 58.1 Å². The molecule has 0 aliphatic heterocycles. The van der Waals surface area contributed by atoms with Crippen molar-refractivity contribution in [1.82, 2.24) is 0 Å². The van der Waals surface area contributed by atoms with Crippen molar-refractivity contribution in [3.05, 3.63) is 0 Å². The molecule has 0 spiro atoms. The zero-order valence-corrected chi connectivity index (χ0v) is 6.35. The second kappa shape index (κ2) is 4.68. The summed E-state index contributed by atoms with van der Waals surface area (Å²) >= 11 is 4.84. The van der Waals surface area contributed by atoms with Crippen LogP contribution in [0.1, 0.15) is 13.3 Å². The maximum Gasteiger partial charge on any atom is 0.338 e. The monoisotopic (exact) mass is 169 g/mol. The molecule has 0 aromatic rings. The summed E-state index contributed by atoms with van der Waals surface area (Å²) in [5.41, 5.74) is 0. The minimum atomic E-state index is -2.23. The number of nitrogens with zero attached hydrogens (tertiary/aromatic N) is 1. The average molecular weight is 170 g/mol. The molecule has 0 saturated heterocycles. The molecule has 4 nitrogen and oxygen atoms in total. The fourth-order valence-electron chi connectivity index (χ4n) is 0.142. The quantitative estimate of drug-likeness (QED) is 0.457. The summed E-state index contributed by atoms with van der Waals surface area (Å²) in [5, 5.41) is 0. The van der Waals surface area contributed by atoms with Gasteiger partial charge in [0.15, 0.2) is 11.2 Å². The van der Waals surface area contributed by atoms with Gasteiger partial charge in [0.2, 0.25) is 0 Å². The van der Waals surface area contributed by atoms with Crippen molar-refractivity contribution in [3.63, 3.8) is 0 Å².